The van der Waals surface area contributed by atoms with Gasteiger partial charge in [0, 0.05) is 28.8 Å². The average molecular weight is 425 g/mol. The van der Waals surface area contributed by atoms with Gasteiger partial charge < -0.3 is 5.32 Å². The highest BCUT2D eigenvalue weighted by Crippen LogP contribution is 2.27. The van der Waals surface area contributed by atoms with Gasteiger partial charge in [0.05, 0.1) is 4.90 Å². The fraction of sp³-hybridized carbons (Fsp3) is 0.316. The van der Waals surface area contributed by atoms with Gasteiger partial charge in [-0.1, -0.05) is 29.8 Å². The van der Waals surface area contributed by atoms with E-state index in [2.05, 4.69) is 5.32 Å². The highest BCUT2D eigenvalue weighted by atomic mass is 35.5. The molecule has 0 aromatic heterocycles. The van der Waals surface area contributed by atoms with Crippen molar-refractivity contribution >= 4 is 39.3 Å². The predicted octanol–water partition coefficient (Wildman–Crippen LogP) is 3.40. The van der Waals surface area contributed by atoms with Gasteiger partial charge in [0.15, 0.2) is 0 Å². The van der Waals surface area contributed by atoms with Crippen LogP contribution in [0.1, 0.15) is 12.8 Å². The van der Waals surface area contributed by atoms with E-state index in [1.165, 1.54) is 16.4 Å². The van der Waals surface area contributed by atoms with Gasteiger partial charge in [0.2, 0.25) is 15.9 Å². The van der Waals surface area contributed by atoms with Gasteiger partial charge in [-0.15, -0.1) is 11.8 Å². The van der Waals surface area contributed by atoms with E-state index in [0.717, 1.165) is 10.6 Å². The van der Waals surface area contributed by atoms with Gasteiger partial charge in [-0.3, -0.25) is 4.79 Å². The van der Waals surface area contributed by atoms with Crippen molar-refractivity contribution in [1.82, 2.24) is 9.62 Å². The number of hydrogen-bond donors (Lipinski definition) is 1. The Labute approximate surface area is 169 Å². The number of halogens is 1. The molecule has 1 aliphatic rings. The van der Waals surface area contributed by atoms with Crippen molar-refractivity contribution < 1.29 is 13.2 Å². The van der Waals surface area contributed by atoms with Crippen LogP contribution in [-0.4, -0.2) is 43.5 Å². The Hall–Kier alpha value is -1.54. The first-order valence-electron chi connectivity index (χ1n) is 8.71. The normalized spacial score (nSPS) is 17.7. The summed E-state index contributed by atoms with van der Waals surface area (Å²) in [6.45, 7) is 0.839. The summed E-state index contributed by atoms with van der Waals surface area (Å²) in [5.74, 6) is 0.491. The van der Waals surface area contributed by atoms with E-state index in [4.69, 9.17) is 11.6 Å². The summed E-state index contributed by atoms with van der Waals surface area (Å²) in [5, 5.41) is 3.34. The summed E-state index contributed by atoms with van der Waals surface area (Å²) in [6.07, 6.45) is 1.20. The van der Waals surface area contributed by atoms with Crippen LogP contribution in [0.2, 0.25) is 5.02 Å². The maximum Gasteiger partial charge on any atom is 0.243 e. The van der Waals surface area contributed by atoms with Gasteiger partial charge in [-0.25, -0.2) is 8.42 Å². The Bertz CT molecular complexity index is 874. The van der Waals surface area contributed by atoms with E-state index in [1.54, 1.807) is 23.9 Å². The van der Waals surface area contributed by atoms with E-state index < -0.39 is 16.1 Å². The monoisotopic (exact) mass is 424 g/mol. The second-order valence-corrected chi connectivity index (χ2v) is 9.68. The number of carbonyl (C=O) groups excluding carboxylic acids is 1. The number of hydrogen-bond acceptors (Lipinski definition) is 4. The van der Waals surface area contributed by atoms with Crippen molar-refractivity contribution in [1.29, 1.82) is 0 Å². The van der Waals surface area contributed by atoms with Crippen molar-refractivity contribution in [3.05, 3.63) is 59.6 Å². The SMILES string of the molecule is O=C(NCCSc1ccccc1)C1CCCN1S(=O)(=O)c1ccc(Cl)cc1. The largest absolute Gasteiger partial charge is 0.354 e. The molecule has 1 saturated heterocycles. The lowest BCUT2D eigenvalue weighted by Crippen LogP contribution is -2.46. The topological polar surface area (TPSA) is 66.5 Å². The minimum absolute atomic E-state index is 0.159. The smallest absolute Gasteiger partial charge is 0.243 e. The van der Waals surface area contributed by atoms with Crippen LogP contribution in [0.3, 0.4) is 0 Å². The van der Waals surface area contributed by atoms with Crippen LogP contribution in [0.25, 0.3) is 0 Å². The number of sulfonamides is 1. The molecule has 1 atom stereocenters. The second-order valence-electron chi connectivity index (χ2n) is 6.18. The molecule has 2 aromatic rings. The van der Waals surface area contributed by atoms with Crippen LogP contribution >= 0.6 is 23.4 Å². The zero-order chi connectivity index (χ0) is 19.3. The predicted molar refractivity (Wildman–Crippen MR) is 109 cm³/mol. The van der Waals surface area contributed by atoms with Crippen LogP contribution in [0.4, 0.5) is 0 Å². The quantitative estimate of drug-likeness (QED) is 0.546. The molecular weight excluding hydrogens is 404 g/mol. The molecule has 1 fully saturated rings. The van der Waals surface area contributed by atoms with Crippen molar-refractivity contribution in [3.63, 3.8) is 0 Å². The standard InChI is InChI=1S/C19H21ClN2O3S2/c20-15-8-10-17(11-9-15)27(24,25)22-13-4-7-18(22)19(23)21-12-14-26-16-5-2-1-3-6-16/h1-3,5-6,8-11,18H,4,7,12-14H2,(H,21,23). The number of carbonyl (C=O) groups is 1. The molecule has 1 amide bonds. The molecule has 0 aliphatic carbocycles. The van der Waals surface area contributed by atoms with E-state index in [-0.39, 0.29) is 10.8 Å². The number of benzene rings is 2. The van der Waals surface area contributed by atoms with E-state index in [1.807, 2.05) is 30.3 Å². The summed E-state index contributed by atoms with van der Waals surface area (Å²) in [7, 11) is -3.71. The van der Waals surface area contributed by atoms with Crippen molar-refractivity contribution in [2.45, 2.75) is 28.7 Å². The lowest BCUT2D eigenvalue weighted by molar-refractivity contribution is -0.124. The van der Waals surface area contributed by atoms with Gasteiger partial charge in [-0.2, -0.15) is 4.31 Å². The maximum atomic E-state index is 12.9. The van der Waals surface area contributed by atoms with E-state index >= 15 is 0 Å². The lowest BCUT2D eigenvalue weighted by Gasteiger charge is -2.23. The van der Waals surface area contributed by atoms with Crippen LogP contribution in [0, 0.1) is 0 Å². The van der Waals surface area contributed by atoms with Crippen molar-refractivity contribution in [3.8, 4) is 0 Å². The van der Waals surface area contributed by atoms with E-state index in [9.17, 15) is 13.2 Å². The van der Waals surface area contributed by atoms with Crippen LogP contribution < -0.4 is 5.32 Å². The zero-order valence-electron chi connectivity index (χ0n) is 14.7. The Balaban J connectivity index is 1.58. The molecule has 5 nitrogen and oxygen atoms in total. The number of nitrogens with zero attached hydrogens (tertiary/aromatic N) is 1. The summed E-state index contributed by atoms with van der Waals surface area (Å²) >= 11 is 7.49. The van der Waals surface area contributed by atoms with E-state index in [0.29, 0.717) is 31.0 Å². The minimum Gasteiger partial charge on any atom is -0.354 e. The summed E-state index contributed by atoms with van der Waals surface area (Å²) < 4.78 is 27.1. The first-order valence-corrected chi connectivity index (χ1v) is 11.5. The van der Waals surface area contributed by atoms with Crippen molar-refractivity contribution in [2.24, 2.45) is 0 Å². The summed E-state index contributed by atoms with van der Waals surface area (Å²) in [4.78, 5) is 13.8. The molecule has 1 N–H and O–H groups in total. The Morgan fingerprint density at radius 2 is 1.85 bits per heavy atom. The Morgan fingerprint density at radius 1 is 1.15 bits per heavy atom. The molecule has 2 aromatic carbocycles. The Morgan fingerprint density at radius 3 is 2.56 bits per heavy atom. The average Bonchev–Trinajstić information content (AvgIpc) is 3.17. The molecule has 0 radical (unpaired) electrons. The summed E-state index contributed by atoms with van der Waals surface area (Å²) in [5.41, 5.74) is 0. The fourth-order valence-electron chi connectivity index (χ4n) is 3.01. The lowest BCUT2D eigenvalue weighted by atomic mass is 10.2. The fourth-order valence-corrected chi connectivity index (χ4v) is 5.58. The third-order valence-electron chi connectivity index (χ3n) is 4.34. The zero-order valence-corrected chi connectivity index (χ0v) is 17.1. The molecule has 3 rings (SSSR count). The first kappa shape index (κ1) is 20.2. The molecule has 0 spiro atoms. The van der Waals surface area contributed by atoms with Crippen LogP contribution in [0.15, 0.2) is 64.4 Å². The number of thioether (sulfide) groups is 1. The van der Waals surface area contributed by atoms with Gasteiger partial charge in [0.25, 0.3) is 0 Å². The molecular formula is C19H21ClN2O3S2. The highest BCUT2D eigenvalue weighted by molar-refractivity contribution is 7.99. The molecule has 0 saturated carbocycles. The molecule has 8 heteroatoms. The molecule has 1 aliphatic heterocycles. The third kappa shape index (κ3) is 5.04. The molecule has 0 bridgehead atoms. The van der Waals surface area contributed by atoms with Gasteiger partial charge >= 0.3 is 0 Å². The van der Waals surface area contributed by atoms with Gasteiger partial charge in [-0.05, 0) is 49.2 Å². The Kier molecular flexibility index (Phi) is 6.81. The summed E-state index contributed by atoms with van der Waals surface area (Å²) in [6, 6.07) is 15.3. The highest BCUT2D eigenvalue weighted by Gasteiger charge is 2.39. The van der Waals surface area contributed by atoms with Gasteiger partial charge in [0.1, 0.15) is 6.04 Å². The molecule has 1 heterocycles. The van der Waals surface area contributed by atoms with Crippen LogP contribution in [0.5, 0.6) is 0 Å². The number of nitrogens with one attached hydrogen (secondary N) is 1. The molecule has 27 heavy (non-hydrogen) atoms. The third-order valence-corrected chi connectivity index (χ3v) is 7.53. The first-order chi connectivity index (χ1) is 13.0. The molecule has 1 unspecified atom stereocenters. The second kappa shape index (κ2) is 9.10. The van der Waals surface area contributed by atoms with Crippen LogP contribution in [-0.2, 0) is 14.8 Å². The molecule has 144 valence electrons. The van der Waals surface area contributed by atoms with Crippen molar-refractivity contribution in [2.75, 3.05) is 18.8 Å². The number of amides is 1. The number of rotatable bonds is 7. The maximum absolute atomic E-state index is 12.9. The minimum atomic E-state index is -3.71.